The molecule has 28 heavy (non-hydrogen) atoms. The first-order valence-electron chi connectivity index (χ1n) is 9.50. The zero-order valence-corrected chi connectivity index (χ0v) is 16.0. The van der Waals surface area contributed by atoms with E-state index in [1.54, 1.807) is 4.90 Å². The largest absolute Gasteiger partial charge is 0.352 e. The van der Waals surface area contributed by atoms with Crippen LogP contribution in [-0.4, -0.2) is 70.3 Å². The third kappa shape index (κ3) is 3.05. The number of benzene rings is 1. The molecule has 1 N–H and O–H groups in total. The zero-order valence-electron chi connectivity index (χ0n) is 15.2. The fraction of sp³-hybridized carbons (Fsp3) is 0.556. The Labute approximate surface area is 162 Å². The highest BCUT2D eigenvalue weighted by Gasteiger charge is 2.53. The van der Waals surface area contributed by atoms with Crippen LogP contribution in [0.3, 0.4) is 0 Å². The summed E-state index contributed by atoms with van der Waals surface area (Å²) in [5.41, 5.74) is 1.41. The van der Waals surface area contributed by atoms with Crippen LogP contribution >= 0.6 is 0 Å². The summed E-state index contributed by atoms with van der Waals surface area (Å²) in [4.78, 5) is 27.7. The second kappa shape index (κ2) is 6.26. The van der Waals surface area contributed by atoms with Crippen molar-refractivity contribution in [3.63, 3.8) is 0 Å². The Morgan fingerprint density at radius 1 is 1.11 bits per heavy atom. The van der Waals surface area contributed by atoms with E-state index in [0.717, 1.165) is 12.8 Å². The molecule has 148 valence electrons. The summed E-state index contributed by atoms with van der Waals surface area (Å²) >= 11 is 0. The number of aromatic nitrogens is 3. The molecule has 0 radical (unpaired) electrons. The van der Waals surface area contributed by atoms with Crippen molar-refractivity contribution in [1.82, 2.24) is 25.2 Å². The van der Waals surface area contributed by atoms with Crippen LogP contribution in [0.4, 0.5) is 0 Å². The number of nitrogens with zero attached hydrogens (tertiary/aromatic N) is 4. The van der Waals surface area contributed by atoms with Crippen molar-refractivity contribution in [3.8, 4) is 0 Å². The third-order valence-electron chi connectivity index (χ3n) is 5.93. The van der Waals surface area contributed by atoms with Crippen molar-refractivity contribution >= 4 is 32.7 Å². The molecule has 2 saturated heterocycles. The fourth-order valence-corrected chi connectivity index (χ4v) is 6.55. The van der Waals surface area contributed by atoms with Gasteiger partial charge in [-0.15, -0.1) is 0 Å². The van der Waals surface area contributed by atoms with E-state index in [9.17, 15) is 18.0 Å². The Kier molecular flexibility index (Phi) is 3.94. The van der Waals surface area contributed by atoms with E-state index in [1.165, 1.54) is 4.80 Å². The zero-order chi connectivity index (χ0) is 19.5. The highest BCUT2D eigenvalue weighted by molar-refractivity contribution is 7.92. The first-order chi connectivity index (χ1) is 13.4. The second-order valence-electron chi connectivity index (χ2n) is 7.94. The van der Waals surface area contributed by atoms with Crippen LogP contribution in [0.1, 0.15) is 12.8 Å². The van der Waals surface area contributed by atoms with Gasteiger partial charge in [-0.2, -0.15) is 15.0 Å². The highest BCUT2D eigenvalue weighted by Crippen LogP contribution is 2.35. The summed E-state index contributed by atoms with van der Waals surface area (Å²) in [5.74, 6) is -0.521. The third-order valence-corrected chi connectivity index (χ3v) is 8.18. The second-order valence-corrected chi connectivity index (χ2v) is 10.2. The van der Waals surface area contributed by atoms with Gasteiger partial charge in [-0.1, -0.05) is 12.1 Å². The lowest BCUT2D eigenvalue weighted by Gasteiger charge is -2.21. The molecule has 2 amide bonds. The number of carbonyl (C=O) groups excluding carboxylic acids is 2. The van der Waals surface area contributed by atoms with Gasteiger partial charge < -0.3 is 10.2 Å². The Hall–Kier alpha value is -2.49. The van der Waals surface area contributed by atoms with Crippen molar-refractivity contribution < 1.29 is 18.0 Å². The average molecular weight is 403 g/mol. The van der Waals surface area contributed by atoms with E-state index in [-0.39, 0.29) is 42.5 Å². The van der Waals surface area contributed by atoms with Gasteiger partial charge >= 0.3 is 0 Å². The fourth-order valence-electron chi connectivity index (χ4n) is 4.26. The quantitative estimate of drug-likeness (QED) is 0.742. The van der Waals surface area contributed by atoms with Gasteiger partial charge in [0, 0.05) is 31.0 Å². The van der Waals surface area contributed by atoms with E-state index < -0.39 is 21.1 Å². The molecule has 1 aromatic carbocycles. The maximum atomic E-state index is 12.7. The lowest BCUT2D eigenvalue weighted by molar-refractivity contribution is -0.131. The standard InChI is InChI=1S/C18H21N5O4S/c24-17(9-23-20-13-3-1-2-4-14(13)21-23)22-7-12-15(19-18(25)11-5-6-11)10-28(26,27)16(12)8-22/h1-4,11-12,15-16H,5-10H2,(H,19,25)/t12-,15+,16-/m0/s1. The summed E-state index contributed by atoms with van der Waals surface area (Å²) in [5, 5.41) is 10.9. The Bertz CT molecular complexity index is 1030. The van der Waals surface area contributed by atoms with E-state index >= 15 is 0 Å². The summed E-state index contributed by atoms with van der Waals surface area (Å²) in [6, 6.07) is 6.94. The lowest BCUT2D eigenvalue weighted by Crippen LogP contribution is -2.43. The predicted octanol–water partition coefficient (Wildman–Crippen LogP) is -0.418. The van der Waals surface area contributed by atoms with Crippen LogP contribution in [0.15, 0.2) is 24.3 Å². The highest BCUT2D eigenvalue weighted by atomic mass is 32.2. The molecule has 0 spiro atoms. The van der Waals surface area contributed by atoms with Crippen LogP contribution in [0.25, 0.3) is 11.0 Å². The molecule has 0 bridgehead atoms. The van der Waals surface area contributed by atoms with Crippen LogP contribution in [0.2, 0.25) is 0 Å². The smallest absolute Gasteiger partial charge is 0.246 e. The predicted molar refractivity (Wildman–Crippen MR) is 99.8 cm³/mol. The molecule has 2 aromatic rings. The Morgan fingerprint density at radius 2 is 1.79 bits per heavy atom. The van der Waals surface area contributed by atoms with Gasteiger partial charge in [-0.3, -0.25) is 9.59 Å². The molecule has 5 rings (SSSR count). The maximum Gasteiger partial charge on any atom is 0.246 e. The number of likely N-dealkylation sites (tertiary alicyclic amines) is 1. The molecular formula is C18H21N5O4S. The van der Waals surface area contributed by atoms with Gasteiger partial charge in [0.2, 0.25) is 11.8 Å². The summed E-state index contributed by atoms with van der Waals surface area (Å²) in [6.45, 7) is 0.467. The first-order valence-corrected chi connectivity index (χ1v) is 11.2. The first kappa shape index (κ1) is 17.6. The van der Waals surface area contributed by atoms with Crippen molar-refractivity contribution in [2.75, 3.05) is 18.8 Å². The summed E-state index contributed by atoms with van der Waals surface area (Å²) < 4.78 is 25.1. The van der Waals surface area contributed by atoms with E-state index in [0.29, 0.717) is 17.6 Å². The van der Waals surface area contributed by atoms with Gasteiger partial charge in [0.15, 0.2) is 9.84 Å². The topological polar surface area (TPSA) is 114 Å². The van der Waals surface area contributed by atoms with Crippen LogP contribution in [-0.2, 0) is 26.0 Å². The lowest BCUT2D eigenvalue weighted by atomic mass is 10.0. The number of nitrogens with one attached hydrogen (secondary N) is 1. The number of amides is 2. The summed E-state index contributed by atoms with van der Waals surface area (Å²) in [6.07, 6.45) is 1.74. The maximum absolute atomic E-state index is 12.7. The molecule has 3 aliphatic rings. The monoisotopic (exact) mass is 403 g/mol. The molecule has 3 atom stereocenters. The van der Waals surface area contributed by atoms with Gasteiger partial charge in [-0.25, -0.2) is 8.42 Å². The minimum absolute atomic E-state index is 0.0286. The molecule has 2 aliphatic heterocycles. The molecule has 9 nitrogen and oxygen atoms in total. The van der Waals surface area contributed by atoms with Crippen molar-refractivity contribution in [2.45, 2.75) is 30.7 Å². The van der Waals surface area contributed by atoms with Crippen LogP contribution in [0, 0.1) is 11.8 Å². The summed E-state index contributed by atoms with van der Waals surface area (Å²) in [7, 11) is -3.33. The van der Waals surface area contributed by atoms with Crippen molar-refractivity contribution in [2.24, 2.45) is 11.8 Å². The molecule has 1 aromatic heterocycles. The SMILES string of the molecule is O=C(N[C@@H]1CS(=O)(=O)[C@H]2CN(C(=O)Cn3nc4ccccc4n3)C[C@@H]12)C1CC1. The number of carbonyl (C=O) groups is 2. The molecule has 3 heterocycles. The van der Waals surface area contributed by atoms with Gasteiger partial charge in [0.05, 0.1) is 11.0 Å². The molecule has 1 saturated carbocycles. The number of rotatable bonds is 4. The molecule has 1 aliphatic carbocycles. The normalized spacial score (nSPS) is 28.4. The number of sulfone groups is 1. The Morgan fingerprint density at radius 3 is 2.43 bits per heavy atom. The Balaban J connectivity index is 1.29. The van der Waals surface area contributed by atoms with E-state index in [1.807, 2.05) is 24.3 Å². The molecule has 3 fully saturated rings. The number of hydrogen-bond acceptors (Lipinski definition) is 6. The van der Waals surface area contributed by atoms with E-state index in [4.69, 9.17) is 0 Å². The molecule has 10 heteroatoms. The number of fused-ring (bicyclic) bond motifs is 2. The van der Waals surface area contributed by atoms with Gasteiger partial charge in [0.1, 0.15) is 17.6 Å². The van der Waals surface area contributed by atoms with Crippen molar-refractivity contribution in [3.05, 3.63) is 24.3 Å². The average Bonchev–Trinajstić information content (AvgIpc) is 3.18. The van der Waals surface area contributed by atoms with Gasteiger partial charge in [0.25, 0.3) is 0 Å². The number of hydrogen-bond donors (Lipinski definition) is 1. The van der Waals surface area contributed by atoms with E-state index in [2.05, 4.69) is 15.5 Å². The minimum Gasteiger partial charge on any atom is -0.352 e. The molecular weight excluding hydrogens is 382 g/mol. The molecule has 0 unspecified atom stereocenters. The van der Waals surface area contributed by atoms with Crippen molar-refractivity contribution in [1.29, 1.82) is 0 Å². The minimum atomic E-state index is -3.33. The van der Waals surface area contributed by atoms with Crippen LogP contribution in [0.5, 0.6) is 0 Å². The van der Waals surface area contributed by atoms with Gasteiger partial charge in [-0.05, 0) is 25.0 Å². The van der Waals surface area contributed by atoms with Crippen LogP contribution < -0.4 is 5.32 Å².